The zero-order valence-corrected chi connectivity index (χ0v) is 9.55. The first-order chi connectivity index (χ1) is 6.11. The van der Waals surface area contributed by atoms with Crippen molar-refractivity contribution >= 4 is 29.2 Å². The van der Waals surface area contributed by atoms with E-state index in [1.54, 1.807) is 11.8 Å². The van der Waals surface area contributed by atoms with Gasteiger partial charge in [0.25, 0.3) is 0 Å². The van der Waals surface area contributed by atoms with E-state index < -0.39 is 0 Å². The first-order valence-electron chi connectivity index (χ1n) is 3.81. The van der Waals surface area contributed by atoms with Crippen LogP contribution >= 0.6 is 23.5 Å². The van der Waals surface area contributed by atoms with Gasteiger partial charge in [-0.3, -0.25) is 0 Å². The summed E-state index contributed by atoms with van der Waals surface area (Å²) in [6.45, 7) is 2.00. The number of phenolic OH excluding ortho intramolecular Hbond substituents is 1. The number of aromatic hydroxyl groups is 1. The highest BCUT2D eigenvalue weighted by Crippen LogP contribution is 2.40. The summed E-state index contributed by atoms with van der Waals surface area (Å²) < 4.78 is 0. The third-order valence-corrected chi connectivity index (χ3v) is 3.56. The van der Waals surface area contributed by atoms with Crippen molar-refractivity contribution in [2.75, 3.05) is 18.2 Å². The third-order valence-electron chi connectivity index (χ3n) is 1.86. The summed E-state index contributed by atoms with van der Waals surface area (Å²) in [6.07, 6.45) is 3.88. The Hall–Kier alpha value is -0.480. The summed E-state index contributed by atoms with van der Waals surface area (Å²) in [6, 6.07) is 1.96. The highest BCUT2D eigenvalue weighted by molar-refractivity contribution is 7.99. The fraction of sp³-hybridized carbons (Fsp3) is 0.333. The summed E-state index contributed by atoms with van der Waals surface area (Å²) in [7, 11) is 0. The zero-order chi connectivity index (χ0) is 10.0. The molecule has 3 N–H and O–H groups in total. The molecular weight excluding hydrogens is 202 g/mol. The molecule has 0 heterocycles. The number of nitrogen functional groups attached to an aromatic ring is 1. The Kier molecular flexibility index (Phi) is 3.39. The Morgan fingerprint density at radius 1 is 1.31 bits per heavy atom. The normalized spacial score (nSPS) is 10.4. The van der Waals surface area contributed by atoms with Crippen LogP contribution in [0.4, 0.5) is 5.69 Å². The number of aryl methyl sites for hydroxylation is 1. The van der Waals surface area contributed by atoms with Gasteiger partial charge in [-0.05, 0) is 31.1 Å². The summed E-state index contributed by atoms with van der Waals surface area (Å²) in [5.41, 5.74) is 7.40. The average molecular weight is 215 g/mol. The quantitative estimate of drug-likeness (QED) is 0.452. The predicted molar refractivity (Wildman–Crippen MR) is 60.8 cm³/mol. The van der Waals surface area contributed by atoms with Gasteiger partial charge in [-0.2, -0.15) is 0 Å². The van der Waals surface area contributed by atoms with E-state index >= 15 is 0 Å². The van der Waals surface area contributed by atoms with Crippen molar-refractivity contribution in [2.45, 2.75) is 16.7 Å². The maximum Gasteiger partial charge on any atom is 0.153 e. The number of phenols is 1. The Bertz CT molecular complexity index is 326. The van der Waals surface area contributed by atoms with Crippen LogP contribution in [0.1, 0.15) is 5.56 Å². The van der Waals surface area contributed by atoms with E-state index in [2.05, 4.69) is 0 Å². The van der Waals surface area contributed by atoms with Crippen molar-refractivity contribution in [2.24, 2.45) is 0 Å². The lowest BCUT2D eigenvalue weighted by atomic mass is 10.2. The van der Waals surface area contributed by atoms with Crippen LogP contribution in [0.15, 0.2) is 15.9 Å². The Morgan fingerprint density at radius 3 is 2.38 bits per heavy atom. The van der Waals surface area contributed by atoms with Crippen molar-refractivity contribution in [3.05, 3.63) is 11.6 Å². The molecule has 0 aromatic heterocycles. The van der Waals surface area contributed by atoms with Crippen molar-refractivity contribution in [3.63, 3.8) is 0 Å². The van der Waals surface area contributed by atoms with Crippen LogP contribution in [0.2, 0.25) is 0 Å². The molecule has 13 heavy (non-hydrogen) atoms. The number of rotatable bonds is 2. The van der Waals surface area contributed by atoms with E-state index in [1.807, 2.05) is 25.5 Å². The van der Waals surface area contributed by atoms with Gasteiger partial charge in [0.2, 0.25) is 0 Å². The molecule has 0 amide bonds. The van der Waals surface area contributed by atoms with E-state index in [9.17, 15) is 5.11 Å². The first kappa shape index (κ1) is 10.6. The van der Waals surface area contributed by atoms with Gasteiger partial charge in [0, 0.05) is 4.90 Å². The molecule has 2 nitrogen and oxygen atoms in total. The number of hydrogen-bond acceptors (Lipinski definition) is 4. The molecule has 0 spiro atoms. The molecule has 1 rings (SSSR count). The summed E-state index contributed by atoms with van der Waals surface area (Å²) in [5, 5.41) is 9.67. The maximum absolute atomic E-state index is 9.67. The van der Waals surface area contributed by atoms with Gasteiger partial charge in [0.1, 0.15) is 0 Å². The van der Waals surface area contributed by atoms with Gasteiger partial charge in [-0.25, -0.2) is 0 Å². The Labute approximate surface area is 86.9 Å². The number of hydrogen-bond donors (Lipinski definition) is 2. The molecule has 0 aliphatic rings. The minimum absolute atomic E-state index is 0.211. The molecule has 1 aromatic rings. The van der Waals surface area contributed by atoms with E-state index in [1.165, 1.54) is 11.8 Å². The average Bonchev–Trinajstić information content (AvgIpc) is 2.12. The van der Waals surface area contributed by atoms with Gasteiger partial charge in [0.05, 0.1) is 10.6 Å². The molecule has 0 atom stereocenters. The van der Waals surface area contributed by atoms with Gasteiger partial charge in [0.15, 0.2) is 5.75 Å². The van der Waals surface area contributed by atoms with E-state index in [0.717, 1.165) is 15.4 Å². The molecule has 0 saturated heterocycles. The van der Waals surface area contributed by atoms with E-state index in [4.69, 9.17) is 5.73 Å². The fourth-order valence-corrected chi connectivity index (χ4v) is 2.51. The van der Waals surface area contributed by atoms with Crippen LogP contribution in [0.3, 0.4) is 0 Å². The summed E-state index contributed by atoms with van der Waals surface area (Å²) in [4.78, 5) is 1.81. The number of benzene rings is 1. The highest BCUT2D eigenvalue weighted by Gasteiger charge is 2.11. The smallest absolute Gasteiger partial charge is 0.153 e. The molecule has 0 radical (unpaired) electrons. The second-order valence-electron chi connectivity index (χ2n) is 2.69. The molecule has 0 bridgehead atoms. The summed E-state index contributed by atoms with van der Waals surface area (Å²) in [5.74, 6) is 0.211. The van der Waals surface area contributed by atoms with E-state index in [0.29, 0.717) is 5.69 Å². The van der Waals surface area contributed by atoms with Crippen LogP contribution in [0.5, 0.6) is 5.75 Å². The predicted octanol–water partition coefficient (Wildman–Crippen LogP) is 2.73. The highest BCUT2D eigenvalue weighted by atomic mass is 32.2. The van der Waals surface area contributed by atoms with Crippen molar-refractivity contribution < 1.29 is 5.11 Å². The van der Waals surface area contributed by atoms with Gasteiger partial charge >= 0.3 is 0 Å². The standard InChI is InChI=1S/C9H13NOS2/c1-5-4-6(12-2)8(11)7(10)9(5)13-3/h4,11H,10H2,1-3H3. The van der Waals surface area contributed by atoms with Gasteiger partial charge in [-0.15, -0.1) is 23.5 Å². The second-order valence-corrected chi connectivity index (χ2v) is 4.36. The first-order valence-corrected chi connectivity index (χ1v) is 6.26. The second kappa shape index (κ2) is 4.15. The lowest BCUT2D eigenvalue weighted by Crippen LogP contribution is -1.93. The van der Waals surface area contributed by atoms with Crippen LogP contribution in [0.25, 0.3) is 0 Å². The fourth-order valence-electron chi connectivity index (χ4n) is 1.21. The Balaban J connectivity index is 3.37. The topological polar surface area (TPSA) is 46.2 Å². The zero-order valence-electron chi connectivity index (χ0n) is 7.92. The largest absolute Gasteiger partial charge is 0.505 e. The lowest BCUT2D eigenvalue weighted by molar-refractivity contribution is 0.463. The molecule has 0 aliphatic heterocycles. The van der Waals surface area contributed by atoms with Gasteiger partial charge < -0.3 is 10.8 Å². The molecule has 0 fully saturated rings. The molecule has 0 saturated carbocycles. The minimum atomic E-state index is 0.211. The SMILES string of the molecule is CSc1cc(C)c(SC)c(N)c1O. The third kappa shape index (κ3) is 1.89. The number of thioether (sulfide) groups is 2. The lowest BCUT2D eigenvalue weighted by Gasteiger charge is -2.11. The van der Waals surface area contributed by atoms with Crippen LogP contribution in [-0.2, 0) is 0 Å². The van der Waals surface area contributed by atoms with Crippen molar-refractivity contribution in [1.82, 2.24) is 0 Å². The molecule has 0 aliphatic carbocycles. The van der Waals surface area contributed by atoms with E-state index in [-0.39, 0.29) is 5.75 Å². The molecule has 0 unspecified atom stereocenters. The van der Waals surface area contributed by atoms with Crippen molar-refractivity contribution in [1.29, 1.82) is 0 Å². The number of nitrogens with two attached hydrogens (primary N) is 1. The molecule has 72 valence electrons. The monoisotopic (exact) mass is 215 g/mol. The maximum atomic E-state index is 9.67. The van der Waals surface area contributed by atoms with Gasteiger partial charge in [-0.1, -0.05) is 0 Å². The molecular formula is C9H13NOS2. The molecule has 4 heteroatoms. The van der Waals surface area contributed by atoms with Crippen molar-refractivity contribution in [3.8, 4) is 5.75 Å². The summed E-state index contributed by atoms with van der Waals surface area (Å²) >= 11 is 3.06. The number of anilines is 1. The molecule has 1 aromatic carbocycles. The van der Waals surface area contributed by atoms with Crippen LogP contribution in [0, 0.1) is 6.92 Å². The Morgan fingerprint density at radius 2 is 1.92 bits per heavy atom. The van der Waals surface area contributed by atoms with Crippen LogP contribution in [-0.4, -0.2) is 17.6 Å². The van der Waals surface area contributed by atoms with Crippen LogP contribution < -0.4 is 5.73 Å². The minimum Gasteiger partial charge on any atom is -0.505 e.